The van der Waals surface area contributed by atoms with Crippen molar-refractivity contribution in [2.24, 2.45) is 5.73 Å². The average Bonchev–Trinajstić information content (AvgIpc) is 2.26. The van der Waals surface area contributed by atoms with E-state index >= 15 is 0 Å². The molecule has 1 rings (SSSR count). The summed E-state index contributed by atoms with van der Waals surface area (Å²) in [5.74, 6) is 1.37. The SMILES string of the molecule is CCOc1cncc(N(C)CCC(C)N)n1. The van der Waals surface area contributed by atoms with E-state index in [-0.39, 0.29) is 6.04 Å². The van der Waals surface area contributed by atoms with Crippen molar-refractivity contribution in [1.29, 1.82) is 0 Å². The zero-order valence-electron chi connectivity index (χ0n) is 10.2. The molecule has 0 aliphatic carbocycles. The summed E-state index contributed by atoms with van der Waals surface area (Å²) in [6, 6.07) is 0.200. The van der Waals surface area contributed by atoms with Crippen LogP contribution in [-0.2, 0) is 0 Å². The van der Waals surface area contributed by atoms with Crippen molar-refractivity contribution >= 4 is 5.82 Å². The Labute approximate surface area is 96.6 Å². The predicted molar refractivity (Wildman–Crippen MR) is 64.7 cm³/mol. The third-order valence-electron chi connectivity index (χ3n) is 2.20. The summed E-state index contributed by atoms with van der Waals surface area (Å²) < 4.78 is 5.30. The largest absolute Gasteiger partial charge is 0.477 e. The monoisotopic (exact) mass is 224 g/mol. The van der Waals surface area contributed by atoms with Gasteiger partial charge in [-0.1, -0.05) is 0 Å². The molecule has 0 aromatic carbocycles. The molecule has 0 fully saturated rings. The first-order valence-electron chi connectivity index (χ1n) is 5.55. The number of aromatic nitrogens is 2. The molecule has 1 unspecified atom stereocenters. The smallest absolute Gasteiger partial charge is 0.234 e. The molecule has 5 heteroatoms. The first-order valence-corrected chi connectivity index (χ1v) is 5.55. The summed E-state index contributed by atoms with van der Waals surface area (Å²) in [7, 11) is 1.97. The fourth-order valence-corrected chi connectivity index (χ4v) is 1.25. The van der Waals surface area contributed by atoms with Crippen LogP contribution in [0.4, 0.5) is 5.82 Å². The highest BCUT2D eigenvalue weighted by Gasteiger charge is 2.05. The minimum atomic E-state index is 0.200. The maximum Gasteiger partial charge on any atom is 0.234 e. The van der Waals surface area contributed by atoms with Gasteiger partial charge in [-0.3, -0.25) is 4.98 Å². The molecule has 5 nitrogen and oxygen atoms in total. The quantitative estimate of drug-likeness (QED) is 0.782. The number of ether oxygens (including phenoxy) is 1. The third kappa shape index (κ3) is 4.02. The third-order valence-corrected chi connectivity index (χ3v) is 2.20. The Morgan fingerprint density at radius 3 is 2.88 bits per heavy atom. The van der Waals surface area contributed by atoms with Gasteiger partial charge < -0.3 is 15.4 Å². The summed E-state index contributed by atoms with van der Waals surface area (Å²) >= 11 is 0. The molecular weight excluding hydrogens is 204 g/mol. The molecule has 0 saturated heterocycles. The predicted octanol–water partition coefficient (Wildman–Crippen LogP) is 1.05. The highest BCUT2D eigenvalue weighted by atomic mass is 16.5. The molecule has 0 aliphatic rings. The maximum atomic E-state index is 5.71. The zero-order valence-corrected chi connectivity index (χ0v) is 10.2. The molecule has 1 heterocycles. The van der Waals surface area contributed by atoms with Crippen LogP contribution in [-0.4, -0.2) is 36.2 Å². The van der Waals surface area contributed by atoms with E-state index in [1.54, 1.807) is 12.4 Å². The molecular formula is C11H20N4O. The van der Waals surface area contributed by atoms with Crippen molar-refractivity contribution in [2.45, 2.75) is 26.3 Å². The number of rotatable bonds is 6. The van der Waals surface area contributed by atoms with Crippen molar-refractivity contribution in [2.75, 3.05) is 25.1 Å². The van der Waals surface area contributed by atoms with Gasteiger partial charge in [0.05, 0.1) is 19.0 Å². The number of nitrogens with zero attached hydrogens (tertiary/aromatic N) is 3. The van der Waals surface area contributed by atoms with Gasteiger partial charge >= 0.3 is 0 Å². The Balaban J connectivity index is 2.60. The molecule has 0 bridgehead atoms. The van der Waals surface area contributed by atoms with E-state index in [1.165, 1.54) is 0 Å². The van der Waals surface area contributed by atoms with Crippen LogP contribution in [0.25, 0.3) is 0 Å². The van der Waals surface area contributed by atoms with E-state index in [1.807, 2.05) is 25.8 Å². The molecule has 0 aliphatic heterocycles. The van der Waals surface area contributed by atoms with Crippen LogP contribution in [0.5, 0.6) is 5.88 Å². The standard InChI is InChI=1S/C11H20N4O/c1-4-16-11-8-13-7-10(14-11)15(3)6-5-9(2)12/h7-9H,4-6,12H2,1-3H3. The molecule has 0 saturated carbocycles. The first-order chi connectivity index (χ1) is 7.63. The minimum absolute atomic E-state index is 0.200. The second kappa shape index (κ2) is 6.27. The van der Waals surface area contributed by atoms with Crippen LogP contribution < -0.4 is 15.4 Å². The van der Waals surface area contributed by atoms with Gasteiger partial charge in [0.1, 0.15) is 0 Å². The van der Waals surface area contributed by atoms with Crippen molar-refractivity contribution in [3.05, 3.63) is 12.4 Å². The van der Waals surface area contributed by atoms with Gasteiger partial charge in [0, 0.05) is 19.6 Å². The van der Waals surface area contributed by atoms with Gasteiger partial charge in [-0.25, -0.2) is 0 Å². The fraction of sp³-hybridized carbons (Fsp3) is 0.636. The number of hydrogen-bond donors (Lipinski definition) is 1. The van der Waals surface area contributed by atoms with Crippen LogP contribution in [0.1, 0.15) is 20.3 Å². The Morgan fingerprint density at radius 1 is 1.50 bits per heavy atom. The van der Waals surface area contributed by atoms with E-state index in [4.69, 9.17) is 10.5 Å². The highest BCUT2D eigenvalue weighted by molar-refractivity contribution is 5.36. The Kier molecular flexibility index (Phi) is 4.98. The lowest BCUT2D eigenvalue weighted by Gasteiger charge is -2.19. The van der Waals surface area contributed by atoms with E-state index < -0.39 is 0 Å². The van der Waals surface area contributed by atoms with Crippen LogP contribution in [0, 0.1) is 0 Å². The van der Waals surface area contributed by atoms with Crippen LogP contribution in [0.15, 0.2) is 12.4 Å². The topological polar surface area (TPSA) is 64.3 Å². The normalized spacial score (nSPS) is 12.2. The minimum Gasteiger partial charge on any atom is -0.477 e. The van der Waals surface area contributed by atoms with Gasteiger partial charge in [0.2, 0.25) is 5.88 Å². The lowest BCUT2D eigenvalue weighted by Crippen LogP contribution is -2.26. The molecule has 1 atom stereocenters. The lowest BCUT2D eigenvalue weighted by atomic mass is 10.2. The summed E-state index contributed by atoms with van der Waals surface area (Å²) in [4.78, 5) is 10.5. The summed E-state index contributed by atoms with van der Waals surface area (Å²) in [5.41, 5.74) is 5.71. The van der Waals surface area contributed by atoms with Crippen LogP contribution >= 0.6 is 0 Å². The van der Waals surface area contributed by atoms with Crippen molar-refractivity contribution < 1.29 is 4.74 Å². The highest BCUT2D eigenvalue weighted by Crippen LogP contribution is 2.12. The van der Waals surface area contributed by atoms with Gasteiger partial charge in [-0.15, -0.1) is 0 Å². The van der Waals surface area contributed by atoms with Crippen LogP contribution in [0.3, 0.4) is 0 Å². The van der Waals surface area contributed by atoms with Gasteiger partial charge in [0.25, 0.3) is 0 Å². The number of anilines is 1. The van der Waals surface area contributed by atoms with Gasteiger partial charge in [-0.2, -0.15) is 4.98 Å². The van der Waals surface area contributed by atoms with E-state index in [2.05, 4.69) is 9.97 Å². The van der Waals surface area contributed by atoms with E-state index in [0.29, 0.717) is 12.5 Å². The van der Waals surface area contributed by atoms with Crippen molar-refractivity contribution in [3.63, 3.8) is 0 Å². The van der Waals surface area contributed by atoms with Crippen LogP contribution in [0.2, 0.25) is 0 Å². The molecule has 0 radical (unpaired) electrons. The molecule has 2 N–H and O–H groups in total. The molecule has 0 spiro atoms. The Bertz CT molecular complexity index is 317. The Hall–Kier alpha value is -1.36. The zero-order chi connectivity index (χ0) is 12.0. The van der Waals surface area contributed by atoms with E-state index in [0.717, 1.165) is 18.8 Å². The second-order valence-corrected chi connectivity index (χ2v) is 3.84. The molecule has 0 amide bonds. The molecule has 1 aromatic heterocycles. The summed E-state index contributed by atoms with van der Waals surface area (Å²) in [6.07, 6.45) is 4.27. The van der Waals surface area contributed by atoms with Crippen molar-refractivity contribution in [3.8, 4) is 5.88 Å². The van der Waals surface area contributed by atoms with Crippen molar-refractivity contribution in [1.82, 2.24) is 9.97 Å². The number of hydrogen-bond acceptors (Lipinski definition) is 5. The lowest BCUT2D eigenvalue weighted by molar-refractivity contribution is 0.325. The average molecular weight is 224 g/mol. The maximum absolute atomic E-state index is 5.71. The van der Waals surface area contributed by atoms with Gasteiger partial charge in [0.15, 0.2) is 5.82 Å². The Morgan fingerprint density at radius 2 is 2.25 bits per heavy atom. The molecule has 16 heavy (non-hydrogen) atoms. The second-order valence-electron chi connectivity index (χ2n) is 3.84. The van der Waals surface area contributed by atoms with E-state index in [9.17, 15) is 0 Å². The summed E-state index contributed by atoms with van der Waals surface area (Å²) in [5, 5.41) is 0. The van der Waals surface area contributed by atoms with Gasteiger partial charge in [-0.05, 0) is 20.3 Å². The molecule has 90 valence electrons. The fourth-order valence-electron chi connectivity index (χ4n) is 1.25. The molecule has 1 aromatic rings. The number of nitrogens with two attached hydrogens (primary N) is 1. The summed E-state index contributed by atoms with van der Waals surface area (Å²) in [6.45, 7) is 5.38. The first kappa shape index (κ1) is 12.7.